The zero-order valence-electron chi connectivity index (χ0n) is 20.1. The van der Waals surface area contributed by atoms with E-state index < -0.39 is 0 Å². The van der Waals surface area contributed by atoms with Gasteiger partial charge in [-0.05, 0) is 63.6 Å². The molecule has 32 heavy (non-hydrogen) atoms. The highest BCUT2D eigenvalue weighted by Gasteiger charge is 2.24. The van der Waals surface area contributed by atoms with Crippen LogP contribution in [0.15, 0.2) is 17.3 Å². The molecule has 0 aliphatic carbocycles. The van der Waals surface area contributed by atoms with Gasteiger partial charge in [-0.1, -0.05) is 13.8 Å². The average Bonchev–Trinajstić information content (AvgIpc) is 3.26. The van der Waals surface area contributed by atoms with Gasteiger partial charge in [0, 0.05) is 38.1 Å². The third-order valence-electron chi connectivity index (χ3n) is 6.65. The van der Waals surface area contributed by atoms with Gasteiger partial charge < -0.3 is 25.6 Å². The van der Waals surface area contributed by atoms with Gasteiger partial charge in [0.05, 0.1) is 12.8 Å². The molecule has 3 rings (SSSR count). The monoisotopic (exact) mass is 444 g/mol. The summed E-state index contributed by atoms with van der Waals surface area (Å²) in [5, 5.41) is 3.35. The van der Waals surface area contributed by atoms with E-state index in [4.69, 9.17) is 10.5 Å². The summed E-state index contributed by atoms with van der Waals surface area (Å²) in [6.07, 6.45) is 7.16. The van der Waals surface area contributed by atoms with E-state index in [1.54, 1.807) is 0 Å². The number of nitrogens with two attached hydrogens (primary N) is 1. The van der Waals surface area contributed by atoms with Crippen molar-refractivity contribution in [1.82, 2.24) is 15.2 Å². The van der Waals surface area contributed by atoms with Gasteiger partial charge in [-0.25, -0.2) is 9.78 Å². The van der Waals surface area contributed by atoms with Crippen LogP contribution in [0, 0.1) is 18.8 Å². The molecule has 1 atom stereocenters. The molecule has 2 aliphatic heterocycles. The lowest BCUT2D eigenvalue weighted by atomic mass is 9.92. The number of ether oxygens (including phenoxy) is 1. The Morgan fingerprint density at radius 1 is 1.31 bits per heavy atom. The highest BCUT2D eigenvalue weighted by molar-refractivity contribution is 5.93. The maximum Gasteiger partial charge on any atom is 0.345 e. The number of piperidine rings is 1. The number of likely N-dealkylation sites (N-methyl/N-ethyl adjacent to an activating group) is 1. The number of aryl methyl sites for hydroxylation is 1. The van der Waals surface area contributed by atoms with Gasteiger partial charge in [0.1, 0.15) is 17.4 Å². The summed E-state index contributed by atoms with van der Waals surface area (Å²) in [7, 11) is 2.02. The molecule has 3 heterocycles. The summed E-state index contributed by atoms with van der Waals surface area (Å²) >= 11 is 0. The minimum Gasteiger partial charge on any atom is -0.492 e. The maximum absolute atomic E-state index is 12.2. The summed E-state index contributed by atoms with van der Waals surface area (Å²) in [5.41, 5.74) is 6.98. The number of anilines is 1. The van der Waals surface area contributed by atoms with E-state index in [-0.39, 0.29) is 11.9 Å². The zero-order valence-corrected chi connectivity index (χ0v) is 20.1. The minimum absolute atomic E-state index is 0.0950. The molecule has 1 aromatic heterocycles. The number of rotatable bonds is 8. The van der Waals surface area contributed by atoms with Crippen molar-refractivity contribution < 1.29 is 9.53 Å². The number of amides is 2. The second-order valence-corrected chi connectivity index (χ2v) is 9.43. The lowest BCUT2D eigenvalue weighted by Crippen LogP contribution is -2.38. The van der Waals surface area contributed by atoms with Crippen molar-refractivity contribution in [2.75, 3.05) is 44.7 Å². The summed E-state index contributed by atoms with van der Waals surface area (Å²) in [6.45, 7) is 10.3. The molecule has 2 fully saturated rings. The van der Waals surface area contributed by atoms with Crippen LogP contribution in [0.2, 0.25) is 0 Å². The van der Waals surface area contributed by atoms with Gasteiger partial charge in [-0.3, -0.25) is 0 Å². The molecular weight excluding hydrogens is 404 g/mol. The average molecular weight is 445 g/mol. The fourth-order valence-electron chi connectivity index (χ4n) is 4.43. The first-order valence-corrected chi connectivity index (χ1v) is 12.0. The Balaban J connectivity index is 1.36. The lowest BCUT2D eigenvalue weighted by molar-refractivity contribution is 0.173. The molecule has 0 aromatic carbocycles. The smallest absolute Gasteiger partial charge is 0.345 e. The van der Waals surface area contributed by atoms with E-state index in [1.165, 1.54) is 0 Å². The van der Waals surface area contributed by atoms with E-state index >= 15 is 0 Å². The van der Waals surface area contributed by atoms with E-state index in [0.717, 1.165) is 75.4 Å². The van der Waals surface area contributed by atoms with Crippen molar-refractivity contribution in [1.29, 1.82) is 0 Å². The normalized spacial score (nSPS) is 20.3. The number of urea groups is 1. The first kappa shape index (κ1) is 24.3. The number of amidine groups is 1. The molecule has 0 spiro atoms. The van der Waals surface area contributed by atoms with Gasteiger partial charge in [0.2, 0.25) is 0 Å². The van der Waals surface area contributed by atoms with Gasteiger partial charge in [-0.15, -0.1) is 0 Å². The Kier molecular flexibility index (Phi) is 8.73. The quantitative estimate of drug-likeness (QED) is 0.363. The minimum atomic E-state index is -0.195. The standard InChI is InChI=1S/C24H40N6O2/c1-17(2)22(25)28-24(31)29-10-7-19(8-11-29)6-5-13-32-21-14-18(3)23(27-15-21)30-12-9-20(16-30)26-4/h14-15,17,19-20,26H,5-13,16H2,1-4H3,(H2,25,28,31). The van der Waals surface area contributed by atoms with Crippen molar-refractivity contribution in [3.8, 4) is 5.75 Å². The highest BCUT2D eigenvalue weighted by atomic mass is 16.5. The molecule has 8 nitrogen and oxygen atoms in total. The summed E-state index contributed by atoms with van der Waals surface area (Å²) in [6, 6.07) is 2.45. The zero-order chi connectivity index (χ0) is 23.1. The van der Waals surface area contributed by atoms with Crippen molar-refractivity contribution in [3.05, 3.63) is 17.8 Å². The number of nitrogens with zero attached hydrogens (tertiary/aromatic N) is 4. The van der Waals surface area contributed by atoms with E-state index in [1.807, 2.05) is 32.0 Å². The van der Waals surface area contributed by atoms with Crippen LogP contribution in [0.5, 0.6) is 5.75 Å². The molecule has 0 saturated carbocycles. The maximum atomic E-state index is 12.2. The second-order valence-electron chi connectivity index (χ2n) is 9.43. The van der Waals surface area contributed by atoms with Crippen molar-refractivity contribution in [2.24, 2.45) is 22.6 Å². The van der Waals surface area contributed by atoms with Gasteiger partial charge in [0.15, 0.2) is 0 Å². The van der Waals surface area contributed by atoms with Crippen molar-refractivity contribution in [2.45, 2.75) is 58.9 Å². The van der Waals surface area contributed by atoms with Crippen LogP contribution in [-0.2, 0) is 0 Å². The number of hydrogen-bond donors (Lipinski definition) is 2. The Bertz CT molecular complexity index is 789. The SMILES string of the molecule is CNC1CCN(c2ncc(OCCCC3CCN(C(=O)/N=C(\N)C(C)C)CC3)cc2C)C1. The first-order chi connectivity index (χ1) is 15.4. The van der Waals surface area contributed by atoms with Crippen LogP contribution in [0.3, 0.4) is 0 Å². The topological polar surface area (TPSA) is 96.1 Å². The van der Waals surface area contributed by atoms with Crippen molar-refractivity contribution >= 4 is 17.7 Å². The highest BCUT2D eigenvalue weighted by Crippen LogP contribution is 2.26. The Morgan fingerprint density at radius 2 is 2.06 bits per heavy atom. The molecule has 0 bridgehead atoms. The molecular formula is C24H40N6O2. The number of aliphatic imine (C=N–C) groups is 1. The number of carbonyl (C=O) groups excluding carboxylic acids is 1. The number of likely N-dealkylation sites (tertiary alicyclic amines) is 1. The molecule has 0 radical (unpaired) electrons. The number of aromatic nitrogens is 1. The third-order valence-corrected chi connectivity index (χ3v) is 6.65. The van der Waals surface area contributed by atoms with Gasteiger partial charge in [0.25, 0.3) is 0 Å². The van der Waals surface area contributed by atoms with E-state index in [0.29, 0.717) is 24.4 Å². The number of pyridine rings is 1. The third kappa shape index (κ3) is 6.58. The molecule has 178 valence electrons. The van der Waals surface area contributed by atoms with Gasteiger partial charge in [-0.2, -0.15) is 4.99 Å². The van der Waals surface area contributed by atoms with E-state index in [2.05, 4.69) is 33.2 Å². The molecule has 3 N–H and O–H groups in total. The molecule has 1 aromatic rings. The molecule has 1 unspecified atom stereocenters. The molecule has 2 amide bonds. The first-order valence-electron chi connectivity index (χ1n) is 12.0. The summed E-state index contributed by atoms with van der Waals surface area (Å²) in [4.78, 5) is 25.1. The Labute approximate surface area is 192 Å². The Hall–Kier alpha value is -2.35. The molecule has 8 heteroatoms. The molecule has 2 saturated heterocycles. The predicted octanol–water partition coefficient (Wildman–Crippen LogP) is 3.19. The lowest BCUT2D eigenvalue weighted by Gasteiger charge is -2.30. The fraction of sp³-hybridized carbons (Fsp3) is 0.708. The summed E-state index contributed by atoms with van der Waals surface area (Å²) < 4.78 is 5.97. The van der Waals surface area contributed by atoms with Crippen LogP contribution < -0.4 is 20.7 Å². The van der Waals surface area contributed by atoms with Crippen LogP contribution in [0.1, 0.15) is 51.5 Å². The predicted molar refractivity (Wildman–Crippen MR) is 130 cm³/mol. The largest absolute Gasteiger partial charge is 0.492 e. The van der Waals surface area contributed by atoms with Crippen molar-refractivity contribution in [3.63, 3.8) is 0 Å². The second kappa shape index (κ2) is 11.5. The van der Waals surface area contributed by atoms with E-state index in [9.17, 15) is 4.79 Å². The number of nitrogens with one attached hydrogen (secondary N) is 1. The van der Waals surface area contributed by atoms with Crippen LogP contribution in [0.25, 0.3) is 0 Å². The number of hydrogen-bond acceptors (Lipinski definition) is 5. The summed E-state index contributed by atoms with van der Waals surface area (Å²) in [5.74, 6) is 3.05. The number of carbonyl (C=O) groups is 1. The van der Waals surface area contributed by atoms with Crippen LogP contribution in [-0.4, -0.2) is 67.6 Å². The van der Waals surface area contributed by atoms with Crippen LogP contribution >= 0.6 is 0 Å². The molecule has 2 aliphatic rings. The van der Waals surface area contributed by atoms with Gasteiger partial charge >= 0.3 is 6.03 Å². The Morgan fingerprint density at radius 3 is 2.69 bits per heavy atom. The fourth-order valence-corrected chi connectivity index (χ4v) is 4.43. The van der Waals surface area contributed by atoms with Crippen LogP contribution in [0.4, 0.5) is 10.6 Å².